The number of nitrogen functional groups attached to an aromatic ring is 1. The number of ether oxygens (including phenoxy) is 2. The highest BCUT2D eigenvalue weighted by Crippen LogP contribution is 2.30. The molecule has 2 N–H and O–H groups in total. The molecule has 0 amide bonds. The van der Waals surface area contributed by atoms with Crippen LogP contribution in [0.3, 0.4) is 0 Å². The molecule has 5 nitrogen and oxygen atoms in total. The van der Waals surface area contributed by atoms with Gasteiger partial charge in [-0.05, 0) is 12.1 Å². The van der Waals surface area contributed by atoms with Gasteiger partial charge in [0.15, 0.2) is 5.82 Å². The molecule has 1 aromatic carbocycles. The highest BCUT2D eigenvalue weighted by molar-refractivity contribution is 5.66. The van der Waals surface area contributed by atoms with Gasteiger partial charge in [0.25, 0.3) is 0 Å². The van der Waals surface area contributed by atoms with E-state index in [-0.39, 0.29) is 0 Å². The van der Waals surface area contributed by atoms with Gasteiger partial charge in [0.05, 0.1) is 37.9 Å². The Morgan fingerprint density at radius 2 is 1.76 bits per heavy atom. The highest BCUT2D eigenvalue weighted by Gasteiger charge is 2.09. The predicted octanol–water partition coefficient (Wildman–Crippen LogP) is 1.74. The lowest BCUT2D eigenvalue weighted by Gasteiger charge is -2.09. The van der Waals surface area contributed by atoms with Crippen molar-refractivity contribution in [1.82, 2.24) is 9.97 Å². The minimum atomic E-state index is 0.529. The van der Waals surface area contributed by atoms with Crippen LogP contribution in [0.25, 0.3) is 11.4 Å². The van der Waals surface area contributed by atoms with E-state index in [4.69, 9.17) is 15.2 Å². The molecule has 1 aromatic heterocycles. The molecule has 1 heterocycles. The van der Waals surface area contributed by atoms with Crippen molar-refractivity contribution in [3.05, 3.63) is 30.6 Å². The second kappa shape index (κ2) is 4.69. The Bertz CT molecular complexity index is 512. The van der Waals surface area contributed by atoms with Crippen molar-refractivity contribution >= 4 is 5.69 Å². The number of hydrogen-bond donors (Lipinski definition) is 1. The van der Waals surface area contributed by atoms with E-state index in [0.717, 1.165) is 11.3 Å². The number of anilines is 1. The molecule has 0 fully saturated rings. The molecular formula is C12H13N3O2. The molecule has 0 aliphatic heterocycles. The third-order valence-corrected chi connectivity index (χ3v) is 2.32. The van der Waals surface area contributed by atoms with Gasteiger partial charge in [0, 0.05) is 6.07 Å². The third-order valence-electron chi connectivity index (χ3n) is 2.32. The van der Waals surface area contributed by atoms with Crippen LogP contribution >= 0.6 is 0 Å². The number of rotatable bonds is 3. The van der Waals surface area contributed by atoms with Crippen LogP contribution in [-0.2, 0) is 0 Å². The van der Waals surface area contributed by atoms with Crippen LogP contribution in [0.5, 0.6) is 11.5 Å². The number of aromatic nitrogens is 2. The summed E-state index contributed by atoms with van der Waals surface area (Å²) in [5, 5.41) is 0. The summed E-state index contributed by atoms with van der Waals surface area (Å²) in [5.74, 6) is 1.95. The highest BCUT2D eigenvalue weighted by atomic mass is 16.5. The smallest absolute Gasteiger partial charge is 0.163 e. The molecular weight excluding hydrogens is 218 g/mol. The van der Waals surface area contributed by atoms with E-state index in [0.29, 0.717) is 17.3 Å². The number of nitrogens with two attached hydrogens (primary N) is 1. The summed E-state index contributed by atoms with van der Waals surface area (Å²) in [5.41, 5.74) is 6.87. The molecule has 0 saturated carbocycles. The number of hydrogen-bond acceptors (Lipinski definition) is 5. The Kier molecular flexibility index (Phi) is 3.09. The molecule has 0 saturated heterocycles. The fourth-order valence-electron chi connectivity index (χ4n) is 1.46. The Labute approximate surface area is 99.2 Å². The van der Waals surface area contributed by atoms with Crippen molar-refractivity contribution in [3.8, 4) is 22.9 Å². The maximum atomic E-state index is 5.54. The average molecular weight is 231 g/mol. The molecule has 5 heteroatoms. The maximum Gasteiger partial charge on any atom is 0.163 e. The molecule has 2 aromatic rings. The molecule has 0 aliphatic rings. The lowest BCUT2D eigenvalue weighted by atomic mass is 10.1. The zero-order chi connectivity index (χ0) is 12.3. The zero-order valence-electron chi connectivity index (χ0n) is 9.68. The first-order chi connectivity index (χ1) is 8.24. The van der Waals surface area contributed by atoms with Crippen LogP contribution in [0.15, 0.2) is 30.6 Å². The normalized spacial score (nSPS) is 10.0. The standard InChI is InChI=1S/C12H13N3O2/c1-16-9-3-4-10(11(5-9)17-2)12-14-6-8(13)7-15-12/h3-7H,13H2,1-2H3. The van der Waals surface area contributed by atoms with E-state index in [1.165, 1.54) is 0 Å². The molecule has 0 atom stereocenters. The van der Waals surface area contributed by atoms with Crippen molar-refractivity contribution < 1.29 is 9.47 Å². The van der Waals surface area contributed by atoms with Crippen LogP contribution < -0.4 is 15.2 Å². The van der Waals surface area contributed by atoms with Crippen LogP contribution in [-0.4, -0.2) is 24.2 Å². The summed E-state index contributed by atoms with van der Waals surface area (Å²) < 4.78 is 10.4. The van der Waals surface area contributed by atoms with E-state index in [1.807, 2.05) is 12.1 Å². The van der Waals surface area contributed by atoms with Gasteiger partial charge in [-0.15, -0.1) is 0 Å². The van der Waals surface area contributed by atoms with Crippen molar-refractivity contribution in [3.63, 3.8) is 0 Å². The number of methoxy groups -OCH3 is 2. The summed E-state index contributed by atoms with van der Waals surface area (Å²) in [7, 11) is 3.20. The largest absolute Gasteiger partial charge is 0.497 e. The molecule has 0 aliphatic carbocycles. The van der Waals surface area contributed by atoms with E-state index >= 15 is 0 Å². The molecule has 88 valence electrons. The fourth-order valence-corrected chi connectivity index (χ4v) is 1.46. The van der Waals surface area contributed by atoms with Gasteiger partial charge in [0.2, 0.25) is 0 Å². The van der Waals surface area contributed by atoms with Crippen molar-refractivity contribution in [2.24, 2.45) is 0 Å². The zero-order valence-corrected chi connectivity index (χ0v) is 9.68. The summed E-state index contributed by atoms with van der Waals surface area (Å²) in [6, 6.07) is 5.47. The fraction of sp³-hybridized carbons (Fsp3) is 0.167. The Balaban J connectivity index is 2.47. The van der Waals surface area contributed by atoms with Crippen molar-refractivity contribution in [2.75, 3.05) is 20.0 Å². The maximum absolute atomic E-state index is 5.54. The summed E-state index contributed by atoms with van der Waals surface area (Å²) in [6.45, 7) is 0. The van der Waals surface area contributed by atoms with E-state index in [1.54, 1.807) is 32.7 Å². The van der Waals surface area contributed by atoms with Crippen LogP contribution in [0, 0.1) is 0 Å². The summed E-state index contributed by atoms with van der Waals surface area (Å²) in [4.78, 5) is 8.31. The third kappa shape index (κ3) is 2.28. The Hall–Kier alpha value is -2.30. The molecule has 0 radical (unpaired) electrons. The van der Waals surface area contributed by atoms with E-state index in [2.05, 4.69) is 9.97 Å². The van der Waals surface area contributed by atoms with Crippen LogP contribution in [0.1, 0.15) is 0 Å². The monoisotopic (exact) mass is 231 g/mol. The van der Waals surface area contributed by atoms with Crippen molar-refractivity contribution in [1.29, 1.82) is 0 Å². The Morgan fingerprint density at radius 1 is 1.06 bits per heavy atom. The Morgan fingerprint density at radius 3 is 2.35 bits per heavy atom. The van der Waals surface area contributed by atoms with Gasteiger partial charge in [-0.25, -0.2) is 9.97 Å². The second-order valence-electron chi connectivity index (χ2n) is 3.41. The molecule has 2 rings (SSSR count). The molecule has 0 spiro atoms. The first-order valence-electron chi connectivity index (χ1n) is 5.04. The molecule has 0 bridgehead atoms. The lowest BCUT2D eigenvalue weighted by molar-refractivity contribution is 0.395. The number of nitrogens with zero attached hydrogens (tertiary/aromatic N) is 2. The molecule has 17 heavy (non-hydrogen) atoms. The van der Waals surface area contributed by atoms with Crippen molar-refractivity contribution in [2.45, 2.75) is 0 Å². The lowest BCUT2D eigenvalue weighted by Crippen LogP contribution is -1.95. The van der Waals surface area contributed by atoms with Gasteiger partial charge >= 0.3 is 0 Å². The van der Waals surface area contributed by atoms with Gasteiger partial charge in [-0.2, -0.15) is 0 Å². The number of benzene rings is 1. The first kappa shape index (κ1) is 11.2. The predicted molar refractivity (Wildman–Crippen MR) is 65.0 cm³/mol. The minimum Gasteiger partial charge on any atom is -0.497 e. The first-order valence-corrected chi connectivity index (χ1v) is 5.04. The summed E-state index contributed by atoms with van der Waals surface area (Å²) >= 11 is 0. The average Bonchev–Trinajstić information content (AvgIpc) is 2.39. The van der Waals surface area contributed by atoms with Crippen LogP contribution in [0.4, 0.5) is 5.69 Å². The van der Waals surface area contributed by atoms with Gasteiger partial charge in [-0.1, -0.05) is 0 Å². The van der Waals surface area contributed by atoms with E-state index in [9.17, 15) is 0 Å². The van der Waals surface area contributed by atoms with Crippen LogP contribution in [0.2, 0.25) is 0 Å². The summed E-state index contributed by atoms with van der Waals surface area (Å²) in [6.07, 6.45) is 3.12. The quantitative estimate of drug-likeness (QED) is 0.871. The second-order valence-corrected chi connectivity index (χ2v) is 3.41. The molecule has 0 unspecified atom stereocenters. The van der Waals surface area contributed by atoms with Gasteiger partial charge in [0.1, 0.15) is 11.5 Å². The van der Waals surface area contributed by atoms with Gasteiger partial charge < -0.3 is 15.2 Å². The minimum absolute atomic E-state index is 0.529. The van der Waals surface area contributed by atoms with Gasteiger partial charge in [-0.3, -0.25) is 0 Å². The topological polar surface area (TPSA) is 70.3 Å². The SMILES string of the molecule is COc1ccc(-c2ncc(N)cn2)c(OC)c1. The van der Waals surface area contributed by atoms with E-state index < -0.39 is 0 Å².